The first-order valence-electron chi connectivity index (χ1n) is 9.99. The van der Waals surface area contributed by atoms with Crippen LogP contribution in [-0.2, 0) is 20.9 Å². The summed E-state index contributed by atoms with van der Waals surface area (Å²) in [6.45, 7) is 4.45. The molecule has 0 unspecified atom stereocenters. The number of nitrogens with zero attached hydrogens (tertiary/aromatic N) is 1. The molecule has 0 spiro atoms. The van der Waals surface area contributed by atoms with Gasteiger partial charge in [-0.2, -0.15) is 0 Å². The predicted octanol–water partition coefficient (Wildman–Crippen LogP) is 3.67. The van der Waals surface area contributed by atoms with Crippen molar-refractivity contribution in [3.63, 3.8) is 0 Å². The first-order chi connectivity index (χ1) is 14.4. The van der Waals surface area contributed by atoms with Crippen LogP contribution < -0.4 is 15.5 Å². The van der Waals surface area contributed by atoms with Gasteiger partial charge in [0.05, 0.1) is 5.92 Å². The van der Waals surface area contributed by atoms with Crippen LogP contribution in [0, 0.1) is 11.8 Å². The lowest BCUT2D eigenvalue weighted by Gasteiger charge is -2.17. The zero-order valence-corrected chi connectivity index (χ0v) is 18.3. The van der Waals surface area contributed by atoms with Crippen molar-refractivity contribution >= 4 is 40.9 Å². The largest absolute Gasteiger partial charge is 0.352 e. The molecule has 1 aliphatic rings. The molecule has 7 heteroatoms. The fourth-order valence-corrected chi connectivity index (χ4v) is 3.69. The molecule has 1 saturated heterocycles. The highest BCUT2D eigenvalue weighted by molar-refractivity contribution is 7.98. The number of anilines is 2. The van der Waals surface area contributed by atoms with Gasteiger partial charge in [0.1, 0.15) is 0 Å². The third-order valence-electron chi connectivity index (χ3n) is 5.07. The number of carbonyl (C=O) groups excluding carboxylic acids is 3. The average Bonchev–Trinajstić information content (AvgIpc) is 3.14. The summed E-state index contributed by atoms with van der Waals surface area (Å²) in [6.07, 6.45) is 2.21. The number of benzene rings is 2. The zero-order chi connectivity index (χ0) is 21.7. The molecular weight excluding hydrogens is 398 g/mol. The van der Waals surface area contributed by atoms with E-state index in [0.29, 0.717) is 13.1 Å². The molecule has 0 aliphatic carbocycles. The van der Waals surface area contributed by atoms with E-state index >= 15 is 0 Å². The van der Waals surface area contributed by atoms with Crippen molar-refractivity contribution in [1.29, 1.82) is 0 Å². The molecule has 3 amide bonds. The van der Waals surface area contributed by atoms with Crippen molar-refractivity contribution in [3.05, 3.63) is 54.1 Å². The Morgan fingerprint density at radius 3 is 2.57 bits per heavy atom. The lowest BCUT2D eigenvalue weighted by molar-refractivity contribution is -0.126. The summed E-state index contributed by atoms with van der Waals surface area (Å²) in [4.78, 5) is 39.6. The number of amides is 3. The second-order valence-corrected chi connectivity index (χ2v) is 8.55. The number of carbonyl (C=O) groups is 3. The van der Waals surface area contributed by atoms with Gasteiger partial charge in [0.15, 0.2) is 0 Å². The summed E-state index contributed by atoms with van der Waals surface area (Å²) in [5.41, 5.74) is 2.49. The number of rotatable bonds is 7. The molecule has 0 bridgehead atoms. The minimum Gasteiger partial charge on any atom is -0.352 e. The van der Waals surface area contributed by atoms with E-state index in [9.17, 15) is 14.4 Å². The number of hydrogen-bond donors (Lipinski definition) is 2. The average molecular weight is 426 g/mol. The van der Waals surface area contributed by atoms with E-state index in [0.717, 1.165) is 21.8 Å². The number of nitrogens with one attached hydrogen (secondary N) is 2. The summed E-state index contributed by atoms with van der Waals surface area (Å²) < 4.78 is 0. The Kier molecular flexibility index (Phi) is 7.15. The van der Waals surface area contributed by atoms with Gasteiger partial charge in [-0.1, -0.05) is 32.0 Å². The molecule has 6 nitrogen and oxygen atoms in total. The van der Waals surface area contributed by atoms with Crippen LogP contribution >= 0.6 is 11.8 Å². The summed E-state index contributed by atoms with van der Waals surface area (Å²) in [6, 6.07) is 15.2. The molecule has 0 aromatic heterocycles. The van der Waals surface area contributed by atoms with Gasteiger partial charge in [0, 0.05) is 41.7 Å². The second-order valence-electron chi connectivity index (χ2n) is 7.67. The van der Waals surface area contributed by atoms with Crippen molar-refractivity contribution in [2.45, 2.75) is 31.7 Å². The van der Waals surface area contributed by atoms with Crippen LogP contribution in [0.2, 0.25) is 0 Å². The second kappa shape index (κ2) is 9.80. The smallest absolute Gasteiger partial charge is 0.227 e. The molecule has 30 heavy (non-hydrogen) atoms. The third-order valence-corrected chi connectivity index (χ3v) is 5.80. The first-order valence-corrected chi connectivity index (χ1v) is 11.2. The fraction of sp³-hybridized carbons (Fsp3) is 0.348. The molecule has 3 rings (SSSR count). The van der Waals surface area contributed by atoms with Gasteiger partial charge in [-0.05, 0) is 42.2 Å². The molecule has 2 aromatic rings. The highest BCUT2D eigenvalue weighted by atomic mass is 32.2. The van der Waals surface area contributed by atoms with Crippen LogP contribution in [0.15, 0.2) is 53.4 Å². The van der Waals surface area contributed by atoms with E-state index in [4.69, 9.17) is 0 Å². The molecule has 0 radical (unpaired) electrons. The van der Waals surface area contributed by atoms with E-state index in [1.165, 1.54) is 0 Å². The maximum atomic E-state index is 12.6. The van der Waals surface area contributed by atoms with Crippen molar-refractivity contribution in [2.24, 2.45) is 11.8 Å². The Hall–Kier alpha value is -2.80. The Morgan fingerprint density at radius 1 is 1.17 bits per heavy atom. The topological polar surface area (TPSA) is 78.5 Å². The normalized spacial score (nSPS) is 16.1. The summed E-state index contributed by atoms with van der Waals surface area (Å²) >= 11 is 1.62. The van der Waals surface area contributed by atoms with Gasteiger partial charge in [-0.3, -0.25) is 14.4 Å². The van der Waals surface area contributed by atoms with Crippen molar-refractivity contribution < 1.29 is 14.4 Å². The first kappa shape index (κ1) is 21.9. The molecule has 1 atom stereocenters. The Labute approximate surface area is 181 Å². The molecule has 1 heterocycles. The van der Waals surface area contributed by atoms with Gasteiger partial charge in [-0.15, -0.1) is 11.8 Å². The van der Waals surface area contributed by atoms with E-state index in [1.54, 1.807) is 16.7 Å². The predicted molar refractivity (Wildman–Crippen MR) is 120 cm³/mol. The van der Waals surface area contributed by atoms with Crippen molar-refractivity contribution in [2.75, 3.05) is 23.0 Å². The standard InChI is InChI=1S/C23H27N3O3S/c1-15(2)22(28)25-18-9-7-16(8-10-18)13-24-23(29)17-11-21(27)26(14-17)19-5-4-6-20(12-19)30-3/h4-10,12,15,17H,11,13-14H2,1-3H3,(H,24,29)(H,25,28)/t17-/m1/s1. The maximum absolute atomic E-state index is 12.6. The Morgan fingerprint density at radius 2 is 1.90 bits per heavy atom. The van der Waals surface area contributed by atoms with Gasteiger partial charge in [0.25, 0.3) is 0 Å². The van der Waals surface area contributed by atoms with Gasteiger partial charge in [0.2, 0.25) is 17.7 Å². The maximum Gasteiger partial charge on any atom is 0.227 e. The number of thioether (sulfide) groups is 1. The van der Waals surface area contributed by atoms with Crippen LogP contribution in [0.5, 0.6) is 0 Å². The Bertz CT molecular complexity index is 928. The van der Waals surface area contributed by atoms with E-state index < -0.39 is 0 Å². The van der Waals surface area contributed by atoms with Crippen molar-refractivity contribution in [1.82, 2.24) is 5.32 Å². The summed E-state index contributed by atoms with van der Waals surface area (Å²) in [5.74, 6) is -0.627. The van der Waals surface area contributed by atoms with Gasteiger partial charge >= 0.3 is 0 Å². The zero-order valence-electron chi connectivity index (χ0n) is 17.5. The SMILES string of the molecule is CSc1cccc(N2C[C@H](C(=O)NCc3ccc(NC(=O)C(C)C)cc3)CC2=O)c1. The molecule has 2 aromatic carbocycles. The highest BCUT2D eigenvalue weighted by Gasteiger charge is 2.35. The Balaban J connectivity index is 1.54. The minimum atomic E-state index is -0.361. The van der Waals surface area contributed by atoms with Crippen LogP contribution in [0.4, 0.5) is 11.4 Å². The molecule has 2 N–H and O–H groups in total. The number of hydrogen-bond acceptors (Lipinski definition) is 4. The third kappa shape index (κ3) is 5.42. The van der Waals surface area contributed by atoms with E-state index in [-0.39, 0.29) is 36.0 Å². The van der Waals surface area contributed by atoms with Crippen LogP contribution in [0.25, 0.3) is 0 Å². The van der Waals surface area contributed by atoms with Gasteiger partial charge < -0.3 is 15.5 Å². The highest BCUT2D eigenvalue weighted by Crippen LogP contribution is 2.28. The molecular formula is C23H27N3O3S. The van der Waals surface area contributed by atoms with Crippen LogP contribution in [0.3, 0.4) is 0 Å². The van der Waals surface area contributed by atoms with Crippen LogP contribution in [-0.4, -0.2) is 30.5 Å². The fourth-order valence-electron chi connectivity index (χ4n) is 3.24. The van der Waals surface area contributed by atoms with Crippen molar-refractivity contribution in [3.8, 4) is 0 Å². The lowest BCUT2D eigenvalue weighted by atomic mass is 10.1. The summed E-state index contributed by atoms with van der Waals surface area (Å²) in [7, 11) is 0. The lowest BCUT2D eigenvalue weighted by Crippen LogP contribution is -2.32. The quantitative estimate of drug-likeness (QED) is 0.664. The molecule has 158 valence electrons. The molecule has 1 fully saturated rings. The molecule has 0 saturated carbocycles. The monoisotopic (exact) mass is 425 g/mol. The van der Waals surface area contributed by atoms with Crippen LogP contribution in [0.1, 0.15) is 25.8 Å². The minimum absolute atomic E-state index is 0.0290. The molecule has 1 aliphatic heterocycles. The van der Waals surface area contributed by atoms with Gasteiger partial charge in [-0.25, -0.2) is 0 Å². The summed E-state index contributed by atoms with van der Waals surface area (Å²) in [5, 5.41) is 5.77. The van der Waals surface area contributed by atoms with E-state index in [1.807, 2.05) is 68.6 Å². The van der Waals surface area contributed by atoms with E-state index in [2.05, 4.69) is 10.6 Å².